The fraction of sp³-hybridized carbons (Fsp3) is 0.867. The van der Waals surface area contributed by atoms with Crippen LogP contribution in [0.15, 0.2) is 0 Å². The van der Waals surface area contributed by atoms with Crippen LogP contribution in [0.25, 0.3) is 0 Å². The van der Waals surface area contributed by atoms with E-state index in [9.17, 15) is 9.59 Å². The van der Waals surface area contributed by atoms with Crippen LogP contribution in [0.2, 0.25) is 0 Å². The number of carbonyl (C=O) groups excluding carboxylic acids is 2. The lowest BCUT2D eigenvalue weighted by atomic mass is 10.0. The van der Waals surface area contributed by atoms with Crippen molar-refractivity contribution in [1.29, 1.82) is 0 Å². The molecular formula is C15H28N2O2S. The largest absolute Gasteiger partial charge is 0.354 e. The van der Waals surface area contributed by atoms with Crippen LogP contribution in [0, 0.1) is 16.7 Å². The van der Waals surface area contributed by atoms with Gasteiger partial charge in [-0.15, -0.1) is 0 Å². The van der Waals surface area contributed by atoms with E-state index in [-0.39, 0.29) is 22.6 Å². The summed E-state index contributed by atoms with van der Waals surface area (Å²) in [6, 6.07) is -0.412. The van der Waals surface area contributed by atoms with E-state index in [1.54, 1.807) is 11.8 Å². The lowest BCUT2D eigenvalue weighted by Gasteiger charge is -2.17. The van der Waals surface area contributed by atoms with Crippen LogP contribution < -0.4 is 10.6 Å². The molecule has 1 aliphatic rings. The van der Waals surface area contributed by atoms with Gasteiger partial charge in [-0.05, 0) is 35.2 Å². The highest BCUT2D eigenvalue weighted by Crippen LogP contribution is 2.67. The topological polar surface area (TPSA) is 58.2 Å². The van der Waals surface area contributed by atoms with Gasteiger partial charge in [0.15, 0.2) is 0 Å². The normalized spacial score (nSPS) is 21.1. The molecule has 1 rings (SSSR count). The van der Waals surface area contributed by atoms with Gasteiger partial charge in [0, 0.05) is 13.5 Å². The molecule has 20 heavy (non-hydrogen) atoms. The summed E-state index contributed by atoms with van der Waals surface area (Å²) in [5, 5.41) is 5.74. The quantitative estimate of drug-likeness (QED) is 0.756. The maximum Gasteiger partial charge on any atom is 0.242 e. The van der Waals surface area contributed by atoms with Gasteiger partial charge in [-0.3, -0.25) is 9.59 Å². The van der Waals surface area contributed by atoms with Crippen LogP contribution in [-0.4, -0.2) is 36.4 Å². The first-order chi connectivity index (χ1) is 9.14. The number of nitrogens with one attached hydrogen (secondary N) is 2. The average Bonchev–Trinajstić information content (AvgIpc) is 2.71. The first-order valence-corrected chi connectivity index (χ1v) is 8.57. The van der Waals surface area contributed by atoms with Crippen molar-refractivity contribution < 1.29 is 9.59 Å². The molecule has 4 nitrogen and oxygen atoms in total. The molecule has 1 aliphatic carbocycles. The van der Waals surface area contributed by atoms with Crippen LogP contribution in [0.3, 0.4) is 0 Å². The van der Waals surface area contributed by atoms with Crippen LogP contribution in [-0.2, 0) is 9.59 Å². The van der Waals surface area contributed by atoms with Crippen molar-refractivity contribution in [3.63, 3.8) is 0 Å². The summed E-state index contributed by atoms with van der Waals surface area (Å²) in [6.45, 7) is 11.1. The van der Waals surface area contributed by atoms with Crippen LogP contribution >= 0.6 is 11.8 Å². The van der Waals surface area contributed by atoms with Gasteiger partial charge in [0.25, 0.3) is 0 Å². The smallest absolute Gasteiger partial charge is 0.242 e. The summed E-state index contributed by atoms with van der Waals surface area (Å²) in [6.07, 6.45) is 2.67. The first-order valence-electron chi connectivity index (χ1n) is 7.18. The molecule has 0 aromatic carbocycles. The van der Waals surface area contributed by atoms with Gasteiger partial charge in [0.05, 0.1) is 0 Å². The maximum atomic E-state index is 12.2. The Morgan fingerprint density at radius 3 is 2.15 bits per heavy atom. The molecule has 116 valence electrons. The molecule has 5 heteroatoms. The summed E-state index contributed by atoms with van der Waals surface area (Å²) < 4.78 is 0. The molecule has 0 spiro atoms. The Morgan fingerprint density at radius 1 is 1.20 bits per heavy atom. The van der Waals surface area contributed by atoms with E-state index >= 15 is 0 Å². The Balaban J connectivity index is 2.48. The molecule has 1 unspecified atom stereocenters. The molecule has 0 radical (unpaired) electrons. The maximum absolute atomic E-state index is 12.2. The molecule has 0 aromatic rings. The first kappa shape index (κ1) is 17.3. The van der Waals surface area contributed by atoms with E-state index in [0.29, 0.717) is 18.9 Å². The predicted octanol–water partition coefficient (Wildman–Crippen LogP) is 2.04. The van der Waals surface area contributed by atoms with E-state index in [2.05, 4.69) is 38.3 Å². The van der Waals surface area contributed by atoms with Gasteiger partial charge < -0.3 is 10.6 Å². The van der Waals surface area contributed by atoms with Crippen molar-refractivity contribution in [2.75, 3.05) is 18.6 Å². The summed E-state index contributed by atoms with van der Waals surface area (Å²) >= 11 is 1.68. The molecule has 0 bridgehead atoms. The zero-order valence-corrected chi connectivity index (χ0v) is 14.3. The second-order valence-electron chi connectivity index (χ2n) is 6.78. The molecule has 0 heterocycles. The Kier molecular flexibility index (Phi) is 5.53. The van der Waals surface area contributed by atoms with E-state index in [1.165, 1.54) is 6.92 Å². The molecule has 2 amide bonds. The molecule has 1 saturated carbocycles. The highest BCUT2D eigenvalue weighted by molar-refractivity contribution is 7.98. The minimum atomic E-state index is -0.412. The average molecular weight is 300 g/mol. The van der Waals surface area contributed by atoms with E-state index in [1.807, 2.05) is 6.26 Å². The van der Waals surface area contributed by atoms with Crippen molar-refractivity contribution in [2.45, 2.75) is 47.1 Å². The summed E-state index contributed by atoms with van der Waals surface area (Å²) in [7, 11) is 0. The summed E-state index contributed by atoms with van der Waals surface area (Å²) in [5.41, 5.74) is 0.534. The Morgan fingerprint density at radius 2 is 1.75 bits per heavy atom. The van der Waals surface area contributed by atoms with Crippen molar-refractivity contribution in [3.8, 4) is 0 Å². The molecule has 0 aliphatic heterocycles. The van der Waals surface area contributed by atoms with E-state index < -0.39 is 6.04 Å². The van der Waals surface area contributed by atoms with Gasteiger partial charge in [0.2, 0.25) is 11.8 Å². The van der Waals surface area contributed by atoms with E-state index in [4.69, 9.17) is 0 Å². The summed E-state index contributed by atoms with van der Waals surface area (Å²) in [4.78, 5) is 23.4. The van der Waals surface area contributed by atoms with Crippen LogP contribution in [0.4, 0.5) is 0 Å². The summed E-state index contributed by atoms with van der Waals surface area (Å²) in [5.74, 6) is 1.14. The minimum absolute atomic E-state index is 0.0623. The predicted molar refractivity (Wildman–Crippen MR) is 84.7 cm³/mol. The third-order valence-corrected chi connectivity index (χ3v) is 5.75. The number of amides is 2. The van der Waals surface area contributed by atoms with Gasteiger partial charge in [0.1, 0.15) is 6.04 Å². The Bertz CT molecular complexity index is 366. The zero-order valence-electron chi connectivity index (χ0n) is 13.5. The Labute approximate surface area is 126 Å². The molecular weight excluding hydrogens is 272 g/mol. The van der Waals surface area contributed by atoms with Gasteiger partial charge in [-0.2, -0.15) is 11.8 Å². The Hall–Kier alpha value is -0.710. The van der Waals surface area contributed by atoms with Gasteiger partial charge in [-0.25, -0.2) is 0 Å². The minimum Gasteiger partial charge on any atom is -0.354 e. The highest BCUT2D eigenvalue weighted by atomic mass is 32.2. The molecule has 0 aromatic heterocycles. The number of hydrogen-bond donors (Lipinski definition) is 2. The van der Waals surface area contributed by atoms with Gasteiger partial charge in [-0.1, -0.05) is 27.7 Å². The van der Waals surface area contributed by atoms with Crippen molar-refractivity contribution in [1.82, 2.24) is 10.6 Å². The van der Waals surface area contributed by atoms with Crippen molar-refractivity contribution in [3.05, 3.63) is 0 Å². The number of carbonyl (C=O) groups is 2. The van der Waals surface area contributed by atoms with Crippen molar-refractivity contribution >= 4 is 23.6 Å². The molecule has 1 fully saturated rings. The fourth-order valence-corrected chi connectivity index (χ4v) is 3.39. The fourth-order valence-electron chi connectivity index (χ4n) is 2.92. The second-order valence-corrected chi connectivity index (χ2v) is 7.76. The third-order valence-electron chi connectivity index (χ3n) is 5.10. The van der Waals surface area contributed by atoms with E-state index in [0.717, 1.165) is 5.75 Å². The van der Waals surface area contributed by atoms with Crippen molar-refractivity contribution in [2.24, 2.45) is 16.7 Å². The number of hydrogen-bond acceptors (Lipinski definition) is 3. The van der Waals surface area contributed by atoms with Crippen LogP contribution in [0.1, 0.15) is 41.0 Å². The molecule has 2 N–H and O–H groups in total. The lowest BCUT2D eigenvalue weighted by Crippen LogP contribution is -2.47. The number of rotatable bonds is 7. The lowest BCUT2D eigenvalue weighted by molar-refractivity contribution is -0.128. The zero-order chi connectivity index (χ0) is 15.6. The highest BCUT2D eigenvalue weighted by Gasteiger charge is 2.64. The standard InChI is InChI=1S/C15H28N2O2S/c1-10(18)17-11(7-8-20-6)13(19)16-9-12-14(2,3)15(12,4)5/h11-12H,7-9H2,1-6H3,(H,16,19)(H,17,18). The third kappa shape index (κ3) is 3.68. The van der Waals surface area contributed by atoms with Crippen LogP contribution in [0.5, 0.6) is 0 Å². The second kappa shape index (κ2) is 6.37. The molecule has 1 atom stereocenters. The monoisotopic (exact) mass is 300 g/mol. The van der Waals surface area contributed by atoms with Gasteiger partial charge >= 0.3 is 0 Å². The number of thioether (sulfide) groups is 1. The SMILES string of the molecule is CSCCC(NC(C)=O)C(=O)NCC1C(C)(C)C1(C)C. The molecule has 0 saturated heterocycles.